The Bertz CT molecular complexity index is 843. The highest BCUT2D eigenvalue weighted by molar-refractivity contribution is 7.98. The summed E-state index contributed by atoms with van der Waals surface area (Å²) in [7, 11) is 0. The summed E-state index contributed by atoms with van der Waals surface area (Å²) in [6.07, 6.45) is 1.80. The first-order valence-corrected chi connectivity index (χ1v) is 9.90. The molecular formula is C21H23N3OS. The molecule has 2 N–H and O–H groups in total. The molecule has 0 aliphatic rings. The lowest BCUT2D eigenvalue weighted by Crippen LogP contribution is -2.27. The number of nitrogens with zero attached hydrogens (tertiary/aromatic N) is 1. The smallest absolute Gasteiger partial charge is 0.251 e. The lowest BCUT2D eigenvalue weighted by atomic mass is 10.1. The number of thioether (sulfide) groups is 1. The van der Waals surface area contributed by atoms with Gasteiger partial charge in [0.2, 0.25) is 0 Å². The van der Waals surface area contributed by atoms with E-state index in [1.54, 1.807) is 6.20 Å². The standard InChI is InChI=1S/C21H23N3OS/c1-3-26-14-16-9-11-18(12-10-16)21(25)23-15(2)20-22-13-19(24-20)17-7-5-4-6-8-17/h4-13,15H,3,14H2,1-2H3,(H,22,24)(H,23,25). The average molecular weight is 366 g/mol. The van der Waals surface area contributed by atoms with Crippen molar-refractivity contribution in [2.75, 3.05) is 5.75 Å². The van der Waals surface area contributed by atoms with E-state index >= 15 is 0 Å². The van der Waals surface area contributed by atoms with Gasteiger partial charge in [-0.2, -0.15) is 11.8 Å². The summed E-state index contributed by atoms with van der Waals surface area (Å²) >= 11 is 1.87. The Morgan fingerprint density at radius 3 is 2.58 bits per heavy atom. The minimum absolute atomic E-state index is 0.0927. The number of carbonyl (C=O) groups excluding carboxylic acids is 1. The number of benzene rings is 2. The number of aromatic nitrogens is 2. The molecule has 1 amide bonds. The molecule has 4 nitrogen and oxygen atoms in total. The lowest BCUT2D eigenvalue weighted by molar-refractivity contribution is 0.0938. The highest BCUT2D eigenvalue weighted by Gasteiger charge is 2.14. The molecule has 0 saturated carbocycles. The number of hydrogen-bond donors (Lipinski definition) is 2. The predicted molar refractivity (Wildman–Crippen MR) is 108 cm³/mol. The minimum Gasteiger partial charge on any atom is -0.342 e. The summed E-state index contributed by atoms with van der Waals surface area (Å²) in [5.41, 5.74) is 3.92. The van der Waals surface area contributed by atoms with E-state index in [1.165, 1.54) is 5.56 Å². The number of rotatable bonds is 7. The molecule has 0 fully saturated rings. The molecule has 0 aliphatic carbocycles. The third kappa shape index (κ3) is 4.55. The zero-order valence-electron chi connectivity index (χ0n) is 15.0. The van der Waals surface area contributed by atoms with E-state index in [0.717, 1.165) is 28.6 Å². The number of H-pyrrole nitrogens is 1. The fourth-order valence-electron chi connectivity index (χ4n) is 2.64. The zero-order chi connectivity index (χ0) is 18.4. The van der Waals surface area contributed by atoms with Crippen molar-refractivity contribution < 1.29 is 4.79 Å². The molecule has 0 saturated heterocycles. The fourth-order valence-corrected chi connectivity index (χ4v) is 3.27. The summed E-state index contributed by atoms with van der Waals surface area (Å²) < 4.78 is 0. The molecule has 3 rings (SSSR count). The van der Waals surface area contributed by atoms with Gasteiger partial charge in [-0.3, -0.25) is 4.79 Å². The number of hydrogen-bond acceptors (Lipinski definition) is 3. The molecule has 1 heterocycles. The number of aromatic amines is 1. The molecule has 1 aromatic heterocycles. The van der Waals surface area contributed by atoms with Crippen LogP contribution in [0.1, 0.15) is 41.6 Å². The Morgan fingerprint density at radius 2 is 1.88 bits per heavy atom. The van der Waals surface area contributed by atoms with E-state index in [0.29, 0.717) is 5.56 Å². The molecule has 5 heteroatoms. The molecule has 1 unspecified atom stereocenters. The summed E-state index contributed by atoms with van der Waals surface area (Å²) in [5, 5.41) is 3.00. The molecule has 1 atom stereocenters. The maximum Gasteiger partial charge on any atom is 0.251 e. The van der Waals surface area contributed by atoms with Gasteiger partial charge in [-0.05, 0) is 35.9 Å². The summed E-state index contributed by atoms with van der Waals surface area (Å²) in [5.74, 6) is 2.72. The van der Waals surface area contributed by atoms with Gasteiger partial charge in [0.15, 0.2) is 0 Å². The van der Waals surface area contributed by atoms with Crippen LogP contribution in [0.3, 0.4) is 0 Å². The van der Waals surface area contributed by atoms with E-state index in [4.69, 9.17) is 0 Å². The van der Waals surface area contributed by atoms with Crippen LogP contribution in [0.4, 0.5) is 0 Å². The van der Waals surface area contributed by atoms with Gasteiger partial charge in [-0.15, -0.1) is 0 Å². The van der Waals surface area contributed by atoms with Gasteiger partial charge >= 0.3 is 0 Å². The number of imidazole rings is 1. The van der Waals surface area contributed by atoms with Crippen molar-refractivity contribution in [2.45, 2.75) is 25.6 Å². The third-order valence-corrected chi connectivity index (χ3v) is 5.07. The van der Waals surface area contributed by atoms with Gasteiger partial charge < -0.3 is 10.3 Å². The first-order chi connectivity index (χ1) is 12.7. The van der Waals surface area contributed by atoms with Gasteiger partial charge in [-0.1, -0.05) is 49.4 Å². The van der Waals surface area contributed by atoms with E-state index in [9.17, 15) is 4.79 Å². The van der Waals surface area contributed by atoms with Gasteiger partial charge in [0.1, 0.15) is 5.82 Å². The molecule has 0 spiro atoms. The maximum absolute atomic E-state index is 12.5. The van der Waals surface area contributed by atoms with Crippen molar-refractivity contribution in [1.82, 2.24) is 15.3 Å². The lowest BCUT2D eigenvalue weighted by Gasteiger charge is -2.12. The largest absolute Gasteiger partial charge is 0.342 e. The van der Waals surface area contributed by atoms with Crippen LogP contribution in [0, 0.1) is 0 Å². The van der Waals surface area contributed by atoms with Crippen molar-refractivity contribution in [2.24, 2.45) is 0 Å². The Hall–Kier alpha value is -2.53. The Morgan fingerprint density at radius 1 is 1.15 bits per heavy atom. The summed E-state index contributed by atoms with van der Waals surface area (Å²) in [4.78, 5) is 20.2. The van der Waals surface area contributed by atoms with E-state index in [1.807, 2.05) is 73.3 Å². The van der Waals surface area contributed by atoms with Crippen LogP contribution in [0.2, 0.25) is 0 Å². The fraction of sp³-hybridized carbons (Fsp3) is 0.238. The SMILES string of the molecule is CCSCc1ccc(C(=O)NC(C)c2ncc(-c3ccccc3)[nH]2)cc1. The summed E-state index contributed by atoms with van der Waals surface area (Å²) in [6.45, 7) is 4.07. The van der Waals surface area contributed by atoms with Crippen LogP contribution in [0.15, 0.2) is 60.8 Å². The Balaban J connectivity index is 1.63. The minimum atomic E-state index is -0.199. The van der Waals surface area contributed by atoms with Crippen molar-refractivity contribution in [3.63, 3.8) is 0 Å². The van der Waals surface area contributed by atoms with Crippen LogP contribution in [-0.4, -0.2) is 21.6 Å². The van der Waals surface area contributed by atoms with E-state index in [2.05, 4.69) is 22.2 Å². The topological polar surface area (TPSA) is 57.8 Å². The van der Waals surface area contributed by atoms with Crippen LogP contribution >= 0.6 is 11.8 Å². The van der Waals surface area contributed by atoms with E-state index in [-0.39, 0.29) is 11.9 Å². The molecule has 26 heavy (non-hydrogen) atoms. The molecular weight excluding hydrogens is 342 g/mol. The third-order valence-electron chi connectivity index (χ3n) is 4.13. The molecule has 134 valence electrons. The van der Waals surface area contributed by atoms with Crippen LogP contribution in [0.25, 0.3) is 11.3 Å². The first-order valence-electron chi connectivity index (χ1n) is 8.75. The van der Waals surface area contributed by atoms with Crippen molar-refractivity contribution in [3.8, 4) is 11.3 Å². The second kappa shape index (κ2) is 8.72. The molecule has 0 bridgehead atoms. The monoisotopic (exact) mass is 365 g/mol. The van der Waals surface area contributed by atoms with Gasteiger partial charge in [0.25, 0.3) is 5.91 Å². The average Bonchev–Trinajstić information content (AvgIpc) is 3.18. The Kier molecular flexibility index (Phi) is 6.12. The van der Waals surface area contributed by atoms with Crippen LogP contribution in [0.5, 0.6) is 0 Å². The quantitative estimate of drug-likeness (QED) is 0.631. The van der Waals surface area contributed by atoms with Crippen LogP contribution in [-0.2, 0) is 5.75 Å². The van der Waals surface area contributed by atoms with Gasteiger partial charge in [-0.25, -0.2) is 4.98 Å². The number of carbonyl (C=O) groups is 1. The molecule has 0 aliphatic heterocycles. The second-order valence-corrected chi connectivity index (χ2v) is 7.35. The normalized spacial score (nSPS) is 11.9. The van der Waals surface area contributed by atoms with Crippen molar-refractivity contribution >= 4 is 17.7 Å². The number of amides is 1. The summed E-state index contributed by atoms with van der Waals surface area (Å²) in [6, 6.07) is 17.6. The molecule has 3 aromatic rings. The second-order valence-electron chi connectivity index (χ2n) is 6.08. The highest BCUT2D eigenvalue weighted by Crippen LogP contribution is 2.19. The maximum atomic E-state index is 12.5. The van der Waals surface area contributed by atoms with Crippen molar-refractivity contribution in [3.05, 3.63) is 77.7 Å². The molecule has 2 aromatic carbocycles. The van der Waals surface area contributed by atoms with Gasteiger partial charge in [0.05, 0.1) is 17.9 Å². The Labute approximate surface area is 158 Å². The predicted octanol–water partition coefficient (Wildman–Crippen LogP) is 4.82. The van der Waals surface area contributed by atoms with Crippen molar-refractivity contribution in [1.29, 1.82) is 0 Å². The highest BCUT2D eigenvalue weighted by atomic mass is 32.2. The molecule has 0 radical (unpaired) electrons. The first kappa shape index (κ1) is 18.3. The van der Waals surface area contributed by atoms with E-state index < -0.39 is 0 Å². The number of nitrogens with one attached hydrogen (secondary N) is 2. The van der Waals surface area contributed by atoms with Crippen LogP contribution < -0.4 is 5.32 Å². The zero-order valence-corrected chi connectivity index (χ0v) is 15.8. The van der Waals surface area contributed by atoms with Gasteiger partial charge in [0, 0.05) is 11.3 Å².